The van der Waals surface area contributed by atoms with Crippen LogP contribution in [0.4, 0.5) is 0 Å². The highest BCUT2D eigenvalue weighted by molar-refractivity contribution is 6.34. The van der Waals surface area contributed by atoms with E-state index in [1.807, 2.05) is 12.1 Å². The van der Waals surface area contributed by atoms with Crippen LogP contribution in [0.25, 0.3) is 110 Å². The first-order valence-electron chi connectivity index (χ1n) is 19.3. The van der Waals surface area contributed by atoms with E-state index in [1.165, 1.54) is 16.2 Å². The zero-order valence-electron chi connectivity index (χ0n) is 30.8. The highest BCUT2D eigenvalue weighted by Crippen LogP contribution is 2.41. The first-order chi connectivity index (χ1) is 28.2. The molecule has 0 saturated heterocycles. The first kappa shape index (κ1) is 31.8. The molecule has 2 radical (unpaired) electrons. The van der Waals surface area contributed by atoms with E-state index in [-0.39, 0.29) is 0 Å². The summed E-state index contributed by atoms with van der Waals surface area (Å²) in [6.07, 6.45) is 0. The van der Waals surface area contributed by atoms with Crippen molar-refractivity contribution in [2.24, 2.45) is 0 Å². The van der Waals surface area contributed by atoms with Crippen LogP contribution in [0.15, 0.2) is 188 Å². The minimum absolute atomic E-state index is 0.647. The van der Waals surface area contributed by atoms with Crippen LogP contribution in [-0.4, -0.2) is 26.9 Å². The molecule has 9 aromatic carbocycles. The van der Waals surface area contributed by atoms with Crippen LogP contribution >= 0.6 is 0 Å². The Labute approximate surface area is 329 Å². The van der Waals surface area contributed by atoms with E-state index < -0.39 is 0 Å². The van der Waals surface area contributed by atoms with Crippen LogP contribution < -0.4 is 5.46 Å². The standard InChI is InChI=1S/C52H31BN4/c53-37-23-28-46-43(31-37)42-29-35(21-25-45(42)56(46)38-15-5-2-6-16-38)36-22-26-47-44(30-36)49-39-17-9-7-11-32(39)20-27-48(49)57(47)52-54-50(34-13-3-1-4-14-34)41-24-19-33-12-8-10-18-40(33)51(41)55-52/h1-31H. The maximum absolute atomic E-state index is 6.40. The van der Waals surface area contributed by atoms with Gasteiger partial charge in [0, 0.05) is 43.6 Å². The number of hydrogen-bond donors (Lipinski definition) is 0. The fraction of sp³-hybridized carbons (Fsp3) is 0. The van der Waals surface area contributed by atoms with E-state index in [0.717, 1.165) is 93.4 Å². The third kappa shape index (κ3) is 4.82. The van der Waals surface area contributed by atoms with Crippen molar-refractivity contribution in [3.63, 3.8) is 0 Å². The van der Waals surface area contributed by atoms with E-state index in [0.29, 0.717) is 5.95 Å². The van der Waals surface area contributed by atoms with Crippen molar-refractivity contribution < 1.29 is 0 Å². The number of rotatable bonds is 4. The Kier molecular flexibility index (Phi) is 6.84. The summed E-state index contributed by atoms with van der Waals surface area (Å²) >= 11 is 0. The largest absolute Gasteiger partial charge is 0.309 e. The van der Waals surface area contributed by atoms with Crippen LogP contribution in [0.5, 0.6) is 0 Å². The number of para-hydroxylation sites is 1. The third-order valence-corrected chi connectivity index (χ3v) is 11.6. The molecular weight excluding hydrogens is 691 g/mol. The number of hydrogen-bond acceptors (Lipinski definition) is 2. The fourth-order valence-electron chi connectivity index (χ4n) is 9.03. The first-order valence-corrected chi connectivity index (χ1v) is 19.3. The fourth-order valence-corrected chi connectivity index (χ4v) is 9.03. The molecular formula is C52H31BN4. The van der Waals surface area contributed by atoms with Gasteiger partial charge in [-0.15, -0.1) is 0 Å². The minimum Gasteiger partial charge on any atom is -0.309 e. The van der Waals surface area contributed by atoms with Gasteiger partial charge in [0.25, 0.3) is 0 Å². The molecule has 0 N–H and O–H groups in total. The van der Waals surface area contributed by atoms with Crippen LogP contribution in [-0.2, 0) is 0 Å². The predicted octanol–water partition coefficient (Wildman–Crippen LogP) is 12.3. The molecule has 0 amide bonds. The molecule has 4 nitrogen and oxygen atoms in total. The quantitative estimate of drug-likeness (QED) is 0.134. The molecule has 262 valence electrons. The Hall–Kier alpha value is -7.50. The Morgan fingerprint density at radius 2 is 0.947 bits per heavy atom. The van der Waals surface area contributed by atoms with E-state index in [2.05, 4.69) is 185 Å². The lowest BCUT2D eigenvalue weighted by atomic mass is 9.94. The Balaban J connectivity index is 1.14. The summed E-state index contributed by atoms with van der Waals surface area (Å²) in [6, 6.07) is 66.8. The Morgan fingerprint density at radius 3 is 1.72 bits per heavy atom. The minimum atomic E-state index is 0.647. The van der Waals surface area contributed by atoms with Gasteiger partial charge in [0.15, 0.2) is 0 Å². The molecule has 0 fully saturated rings. The van der Waals surface area contributed by atoms with Gasteiger partial charge >= 0.3 is 0 Å². The predicted molar refractivity (Wildman–Crippen MR) is 239 cm³/mol. The summed E-state index contributed by atoms with van der Waals surface area (Å²) in [5, 5.41) is 10.3. The van der Waals surface area contributed by atoms with Crippen LogP contribution in [0, 0.1) is 0 Å². The van der Waals surface area contributed by atoms with Gasteiger partial charge in [-0.2, -0.15) is 0 Å². The maximum atomic E-state index is 6.40. The zero-order valence-corrected chi connectivity index (χ0v) is 30.8. The van der Waals surface area contributed by atoms with Crippen molar-refractivity contribution in [3.8, 4) is 34.0 Å². The maximum Gasteiger partial charge on any atom is 0.235 e. The molecule has 3 heterocycles. The second-order valence-electron chi connectivity index (χ2n) is 14.8. The van der Waals surface area contributed by atoms with Crippen molar-refractivity contribution in [2.45, 2.75) is 0 Å². The van der Waals surface area contributed by atoms with E-state index in [9.17, 15) is 0 Å². The molecule has 0 aliphatic rings. The molecule has 12 rings (SSSR count). The molecule has 0 bridgehead atoms. The van der Waals surface area contributed by atoms with Crippen LogP contribution in [0.3, 0.4) is 0 Å². The topological polar surface area (TPSA) is 35.6 Å². The molecule has 0 aliphatic heterocycles. The monoisotopic (exact) mass is 722 g/mol. The Morgan fingerprint density at radius 1 is 0.368 bits per heavy atom. The lowest BCUT2D eigenvalue weighted by molar-refractivity contribution is 1.02. The molecule has 0 unspecified atom stereocenters. The van der Waals surface area contributed by atoms with Crippen molar-refractivity contribution >= 4 is 89.4 Å². The van der Waals surface area contributed by atoms with E-state index in [1.54, 1.807) is 0 Å². The van der Waals surface area contributed by atoms with E-state index in [4.69, 9.17) is 17.8 Å². The summed E-state index contributed by atoms with van der Waals surface area (Å²) < 4.78 is 4.58. The van der Waals surface area contributed by atoms with Crippen molar-refractivity contribution in [1.29, 1.82) is 0 Å². The Bertz CT molecular complexity index is 3580. The van der Waals surface area contributed by atoms with Gasteiger partial charge in [-0.3, -0.25) is 4.57 Å². The van der Waals surface area contributed by atoms with Gasteiger partial charge in [-0.1, -0.05) is 139 Å². The highest BCUT2D eigenvalue weighted by atomic mass is 15.2. The average Bonchev–Trinajstić information content (AvgIpc) is 3.78. The summed E-state index contributed by atoms with van der Waals surface area (Å²) in [5.41, 5.74) is 11.4. The second-order valence-corrected chi connectivity index (χ2v) is 14.8. The number of benzene rings is 9. The number of aromatic nitrogens is 4. The van der Waals surface area contributed by atoms with Gasteiger partial charge in [0.05, 0.1) is 33.3 Å². The molecule has 0 saturated carbocycles. The van der Waals surface area contributed by atoms with Crippen molar-refractivity contribution in [2.75, 3.05) is 0 Å². The molecule has 12 aromatic rings. The van der Waals surface area contributed by atoms with Crippen molar-refractivity contribution in [1.82, 2.24) is 19.1 Å². The van der Waals surface area contributed by atoms with Gasteiger partial charge in [-0.25, -0.2) is 9.97 Å². The lowest BCUT2D eigenvalue weighted by Crippen LogP contribution is -2.03. The smallest absolute Gasteiger partial charge is 0.235 e. The van der Waals surface area contributed by atoms with Gasteiger partial charge < -0.3 is 4.57 Å². The SMILES string of the molecule is [B]c1ccc2c(c1)c1cc(-c3ccc4c(c3)c3c5ccccc5ccc3n4-c3nc(-c4ccccc4)c4ccc5ccccc5c4n3)ccc1n2-c1ccccc1. The number of nitrogens with zero attached hydrogens (tertiary/aromatic N) is 4. The normalized spacial score (nSPS) is 11.9. The van der Waals surface area contributed by atoms with Crippen LogP contribution in [0.1, 0.15) is 0 Å². The molecule has 57 heavy (non-hydrogen) atoms. The summed E-state index contributed by atoms with van der Waals surface area (Å²) in [7, 11) is 6.40. The second kappa shape index (κ2) is 12.3. The summed E-state index contributed by atoms with van der Waals surface area (Å²) in [5.74, 6) is 0.647. The molecule has 0 atom stereocenters. The van der Waals surface area contributed by atoms with Crippen LogP contribution in [0.2, 0.25) is 0 Å². The zero-order chi connectivity index (χ0) is 37.6. The summed E-state index contributed by atoms with van der Waals surface area (Å²) in [6.45, 7) is 0. The molecule has 3 aromatic heterocycles. The lowest BCUT2D eigenvalue weighted by Gasteiger charge is -2.13. The average molecular weight is 723 g/mol. The summed E-state index contributed by atoms with van der Waals surface area (Å²) in [4.78, 5) is 10.8. The van der Waals surface area contributed by atoms with Gasteiger partial charge in [0.1, 0.15) is 7.85 Å². The van der Waals surface area contributed by atoms with Crippen molar-refractivity contribution in [3.05, 3.63) is 188 Å². The van der Waals surface area contributed by atoms with Gasteiger partial charge in [-0.05, 0) is 81.9 Å². The van der Waals surface area contributed by atoms with Gasteiger partial charge in [0.2, 0.25) is 5.95 Å². The molecule has 5 heteroatoms. The molecule has 0 spiro atoms. The third-order valence-electron chi connectivity index (χ3n) is 11.6. The van der Waals surface area contributed by atoms with E-state index >= 15 is 0 Å². The number of fused-ring (bicyclic) bond motifs is 11. The molecule has 0 aliphatic carbocycles. The highest BCUT2D eigenvalue weighted by Gasteiger charge is 2.21.